The molecule has 0 spiro atoms. The van der Waals surface area contributed by atoms with Gasteiger partial charge in [-0.2, -0.15) is 0 Å². The molecule has 3 nitrogen and oxygen atoms in total. The fourth-order valence-corrected chi connectivity index (χ4v) is 4.47. The minimum atomic E-state index is -0.254. The number of carbonyl (C=O) groups is 1. The van der Waals surface area contributed by atoms with Gasteiger partial charge < -0.3 is 9.84 Å². The first-order valence-electron chi connectivity index (χ1n) is 8.12. The van der Waals surface area contributed by atoms with Crippen LogP contribution in [0.3, 0.4) is 0 Å². The smallest absolute Gasteiger partial charge is 0.310 e. The van der Waals surface area contributed by atoms with Gasteiger partial charge in [-0.05, 0) is 28.8 Å². The molecule has 0 saturated carbocycles. The Morgan fingerprint density at radius 3 is 2.31 bits per heavy atom. The third kappa shape index (κ3) is 7.05. The summed E-state index contributed by atoms with van der Waals surface area (Å²) in [6.45, 7) is 0.518. The predicted molar refractivity (Wildman–Crippen MR) is 112 cm³/mol. The lowest BCUT2D eigenvalue weighted by molar-refractivity contribution is -0.142. The van der Waals surface area contributed by atoms with Gasteiger partial charge in [0.05, 0.1) is 13.0 Å². The number of carbonyl (C=O) groups excluding carboxylic acids is 1. The number of hydrogen-bond donors (Lipinski definition) is 1. The standard InChI is InChI=1S/C19H20Cl2O3S2/c20-17-6-3-7-18(21)16(17)12-14-4-1-2-5-15(14)13-19(23)24-9-11-26-25-10-8-22/h1-7,22H,8-13H2. The molecule has 1 N–H and O–H groups in total. The first kappa shape index (κ1) is 21.5. The van der Waals surface area contributed by atoms with Crippen LogP contribution >= 0.6 is 44.8 Å². The monoisotopic (exact) mass is 430 g/mol. The molecule has 0 heterocycles. The maximum atomic E-state index is 12.1. The van der Waals surface area contributed by atoms with Crippen molar-refractivity contribution in [3.8, 4) is 0 Å². The van der Waals surface area contributed by atoms with Crippen LogP contribution in [0.4, 0.5) is 0 Å². The molecule has 0 aliphatic rings. The summed E-state index contributed by atoms with van der Waals surface area (Å²) in [5.41, 5.74) is 2.78. The van der Waals surface area contributed by atoms with Gasteiger partial charge >= 0.3 is 5.97 Å². The Morgan fingerprint density at radius 2 is 1.62 bits per heavy atom. The minimum absolute atomic E-state index is 0.156. The number of ether oxygens (including phenoxy) is 1. The van der Waals surface area contributed by atoms with Crippen LogP contribution in [0.5, 0.6) is 0 Å². The quantitative estimate of drug-likeness (QED) is 0.324. The average molecular weight is 431 g/mol. The van der Waals surface area contributed by atoms with Crippen molar-refractivity contribution in [3.05, 3.63) is 69.2 Å². The number of benzene rings is 2. The van der Waals surface area contributed by atoms with Crippen LogP contribution in [0.15, 0.2) is 42.5 Å². The van der Waals surface area contributed by atoms with Crippen LogP contribution in [0.25, 0.3) is 0 Å². The van der Waals surface area contributed by atoms with Gasteiger partial charge in [0, 0.05) is 28.0 Å². The third-order valence-electron chi connectivity index (χ3n) is 3.57. The van der Waals surface area contributed by atoms with E-state index in [9.17, 15) is 4.79 Å². The van der Waals surface area contributed by atoms with Crippen molar-refractivity contribution in [1.82, 2.24) is 0 Å². The fraction of sp³-hybridized carbons (Fsp3) is 0.316. The number of halogens is 2. The second kappa shape index (κ2) is 11.8. The van der Waals surface area contributed by atoms with Crippen LogP contribution < -0.4 is 0 Å². The molecule has 0 atom stereocenters. The number of esters is 1. The molecule has 0 saturated heterocycles. The van der Waals surface area contributed by atoms with Crippen molar-refractivity contribution in [2.75, 3.05) is 24.7 Å². The van der Waals surface area contributed by atoms with Gasteiger partial charge in [-0.15, -0.1) is 0 Å². The minimum Gasteiger partial charge on any atom is -0.465 e. The summed E-state index contributed by atoms with van der Waals surface area (Å²) in [4.78, 5) is 12.1. The summed E-state index contributed by atoms with van der Waals surface area (Å²) >= 11 is 12.5. The third-order valence-corrected chi connectivity index (χ3v) is 6.63. The van der Waals surface area contributed by atoms with Gasteiger partial charge in [0.2, 0.25) is 0 Å². The molecule has 7 heteroatoms. The summed E-state index contributed by atoms with van der Waals surface area (Å²) in [5.74, 6) is 1.12. The van der Waals surface area contributed by atoms with Gasteiger partial charge in [0.1, 0.15) is 6.61 Å². The van der Waals surface area contributed by atoms with E-state index in [1.54, 1.807) is 21.6 Å². The molecule has 0 aromatic heterocycles. The Hall–Kier alpha value is -0.850. The molecule has 0 amide bonds. The van der Waals surface area contributed by atoms with Gasteiger partial charge in [-0.1, -0.05) is 75.1 Å². The van der Waals surface area contributed by atoms with Crippen LogP contribution in [0.1, 0.15) is 16.7 Å². The molecule has 2 rings (SSSR count). The van der Waals surface area contributed by atoms with Crippen molar-refractivity contribution in [2.24, 2.45) is 0 Å². The largest absolute Gasteiger partial charge is 0.465 e. The maximum absolute atomic E-state index is 12.1. The van der Waals surface area contributed by atoms with Crippen molar-refractivity contribution in [1.29, 1.82) is 0 Å². The van der Waals surface area contributed by atoms with Crippen molar-refractivity contribution in [3.63, 3.8) is 0 Å². The molecular formula is C19H20Cl2O3S2. The second-order valence-corrected chi connectivity index (χ2v) is 8.93. The second-order valence-electron chi connectivity index (χ2n) is 5.41. The summed E-state index contributed by atoms with van der Waals surface area (Å²) in [6, 6.07) is 13.2. The van der Waals surface area contributed by atoms with Crippen LogP contribution in [-0.4, -0.2) is 35.8 Å². The predicted octanol–water partition coefficient (Wildman–Crippen LogP) is 5.04. The van der Waals surface area contributed by atoms with E-state index in [0.717, 1.165) is 16.7 Å². The summed E-state index contributed by atoms with van der Waals surface area (Å²) in [5, 5.41) is 9.94. The van der Waals surface area contributed by atoms with Crippen molar-refractivity contribution >= 4 is 50.8 Å². The summed E-state index contributed by atoms with van der Waals surface area (Å²) in [6.07, 6.45) is 0.780. The molecule has 0 aliphatic carbocycles. The van der Waals surface area contributed by atoms with Crippen LogP contribution in [0.2, 0.25) is 10.0 Å². The van der Waals surface area contributed by atoms with E-state index in [1.807, 2.05) is 42.5 Å². The normalized spacial score (nSPS) is 10.7. The average Bonchev–Trinajstić information content (AvgIpc) is 2.62. The zero-order valence-electron chi connectivity index (χ0n) is 14.1. The van der Waals surface area contributed by atoms with Gasteiger partial charge in [-0.3, -0.25) is 4.79 Å². The number of aliphatic hydroxyl groups excluding tert-OH is 1. The molecule has 26 heavy (non-hydrogen) atoms. The Bertz CT molecular complexity index is 705. The molecule has 140 valence electrons. The molecular weight excluding hydrogens is 411 g/mol. The van der Waals surface area contributed by atoms with Gasteiger partial charge in [-0.25, -0.2) is 0 Å². The lowest BCUT2D eigenvalue weighted by Crippen LogP contribution is -2.11. The molecule has 0 unspecified atom stereocenters. The van der Waals surface area contributed by atoms with E-state index in [-0.39, 0.29) is 19.0 Å². The Labute approximate surface area is 171 Å². The molecule has 2 aromatic rings. The lowest BCUT2D eigenvalue weighted by atomic mass is 9.98. The van der Waals surface area contributed by atoms with Gasteiger partial charge in [0.15, 0.2) is 0 Å². The fourth-order valence-electron chi connectivity index (χ4n) is 2.35. The van der Waals surface area contributed by atoms with E-state index in [1.165, 1.54) is 0 Å². The molecule has 0 aliphatic heterocycles. The Morgan fingerprint density at radius 1 is 0.962 bits per heavy atom. The summed E-state index contributed by atoms with van der Waals surface area (Å²) in [7, 11) is 3.15. The Balaban J connectivity index is 1.93. The van der Waals surface area contributed by atoms with E-state index < -0.39 is 0 Å². The van der Waals surface area contributed by atoms with Crippen molar-refractivity contribution < 1.29 is 14.6 Å². The molecule has 0 bridgehead atoms. The van der Waals surface area contributed by atoms with E-state index in [0.29, 0.717) is 34.6 Å². The lowest BCUT2D eigenvalue weighted by Gasteiger charge is -2.12. The Kier molecular flexibility index (Phi) is 9.72. The zero-order valence-corrected chi connectivity index (χ0v) is 17.3. The first-order valence-corrected chi connectivity index (χ1v) is 11.4. The first-order chi connectivity index (χ1) is 12.6. The highest BCUT2D eigenvalue weighted by Crippen LogP contribution is 2.28. The highest BCUT2D eigenvalue weighted by atomic mass is 35.5. The number of hydrogen-bond acceptors (Lipinski definition) is 5. The SMILES string of the molecule is O=C(Cc1ccccc1Cc1c(Cl)cccc1Cl)OCCSSCCO. The van der Waals surface area contributed by atoms with E-state index >= 15 is 0 Å². The van der Waals surface area contributed by atoms with Crippen LogP contribution in [-0.2, 0) is 22.4 Å². The van der Waals surface area contributed by atoms with Crippen molar-refractivity contribution in [2.45, 2.75) is 12.8 Å². The highest BCUT2D eigenvalue weighted by molar-refractivity contribution is 8.76. The maximum Gasteiger partial charge on any atom is 0.310 e. The highest BCUT2D eigenvalue weighted by Gasteiger charge is 2.12. The number of aliphatic hydroxyl groups is 1. The summed E-state index contributed by atoms with van der Waals surface area (Å²) < 4.78 is 5.29. The molecule has 0 fully saturated rings. The van der Waals surface area contributed by atoms with Gasteiger partial charge in [0.25, 0.3) is 0 Å². The topological polar surface area (TPSA) is 46.5 Å². The van der Waals surface area contributed by atoms with E-state index in [4.69, 9.17) is 33.0 Å². The van der Waals surface area contributed by atoms with Crippen LogP contribution in [0, 0.1) is 0 Å². The number of rotatable bonds is 10. The zero-order chi connectivity index (χ0) is 18.8. The molecule has 2 aromatic carbocycles. The molecule has 0 radical (unpaired) electrons. The van der Waals surface area contributed by atoms with E-state index in [2.05, 4.69) is 0 Å².